The molecule has 2 N–H and O–H groups in total. The number of benzene rings is 2. The molecule has 0 saturated carbocycles. The van der Waals surface area contributed by atoms with Crippen LogP contribution in [0.4, 0.5) is 5.82 Å². The number of nitrogen functional groups attached to an aromatic ring is 1. The second-order valence-electron chi connectivity index (χ2n) is 4.51. The third-order valence-electron chi connectivity index (χ3n) is 3.29. The van der Waals surface area contributed by atoms with E-state index in [1.54, 1.807) is 10.9 Å². The third-order valence-corrected chi connectivity index (χ3v) is 3.29. The van der Waals surface area contributed by atoms with Gasteiger partial charge >= 0.3 is 0 Å². The smallest absolute Gasteiger partial charge is 0.129 e. The Labute approximate surface area is 112 Å². The van der Waals surface area contributed by atoms with Crippen LogP contribution in [0.3, 0.4) is 0 Å². The van der Waals surface area contributed by atoms with Crippen molar-refractivity contribution >= 4 is 5.82 Å². The molecule has 0 amide bonds. The molecule has 1 heterocycles. The van der Waals surface area contributed by atoms with E-state index >= 15 is 0 Å². The zero-order chi connectivity index (χ0) is 13.2. The molecule has 0 radical (unpaired) electrons. The lowest BCUT2D eigenvalue weighted by molar-refractivity contribution is 0.779. The SMILES string of the molecule is Cn1ncc(-c2ccc(-c3ccccc3)cc2)c1N. The van der Waals surface area contributed by atoms with Crippen molar-refractivity contribution in [2.45, 2.75) is 0 Å². The van der Waals surface area contributed by atoms with E-state index < -0.39 is 0 Å². The maximum absolute atomic E-state index is 5.98. The maximum Gasteiger partial charge on any atom is 0.129 e. The van der Waals surface area contributed by atoms with Crippen LogP contribution in [0.1, 0.15) is 0 Å². The molecule has 19 heavy (non-hydrogen) atoms. The zero-order valence-electron chi connectivity index (χ0n) is 10.7. The monoisotopic (exact) mass is 249 g/mol. The van der Waals surface area contributed by atoms with Crippen molar-refractivity contribution < 1.29 is 0 Å². The normalized spacial score (nSPS) is 10.6. The predicted molar refractivity (Wildman–Crippen MR) is 78.5 cm³/mol. The number of anilines is 1. The van der Waals surface area contributed by atoms with Crippen molar-refractivity contribution in [3.63, 3.8) is 0 Å². The van der Waals surface area contributed by atoms with E-state index in [0.29, 0.717) is 5.82 Å². The second-order valence-corrected chi connectivity index (χ2v) is 4.51. The van der Waals surface area contributed by atoms with Gasteiger partial charge in [0.1, 0.15) is 5.82 Å². The molecular weight excluding hydrogens is 234 g/mol. The van der Waals surface area contributed by atoms with Crippen LogP contribution in [-0.2, 0) is 7.05 Å². The first-order valence-corrected chi connectivity index (χ1v) is 6.19. The number of hydrogen-bond donors (Lipinski definition) is 1. The number of hydrogen-bond acceptors (Lipinski definition) is 2. The van der Waals surface area contributed by atoms with Gasteiger partial charge in [-0.1, -0.05) is 54.6 Å². The highest BCUT2D eigenvalue weighted by Crippen LogP contribution is 2.27. The van der Waals surface area contributed by atoms with Crippen LogP contribution >= 0.6 is 0 Å². The molecule has 0 aliphatic rings. The van der Waals surface area contributed by atoms with Crippen LogP contribution in [0.15, 0.2) is 60.8 Å². The van der Waals surface area contributed by atoms with Crippen molar-refractivity contribution in [2.24, 2.45) is 7.05 Å². The largest absolute Gasteiger partial charge is 0.383 e. The van der Waals surface area contributed by atoms with Crippen LogP contribution in [-0.4, -0.2) is 9.78 Å². The Kier molecular flexibility index (Phi) is 2.80. The molecule has 2 aromatic carbocycles. The van der Waals surface area contributed by atoms with Gasteiger partial charge in [-0.2, -0.15) is 5.10 Å². The summed E-state index contributed by atoms with van der Waals surface area (Å²) in [5.41, 5.74) is 10.5. The highest BCUT2D eigenvalue weighted by atomic mass is 15.3. The number of nitrogens with zero attached hydrogens (tertiary/aromatic N) is 2. The predicted octanol–water partition coefficient (Wildman–Crippen LogP) is 3.34. The topological polar surface area (TPSA) is 43.8 Å². The van der Waals surface area contributed by atoms with Gasteiger partial charge in [0.05, 0.1) is 6.20 Å². The Morgan fingerprint density at radius 2 is 1.42 bits per heavy atom. The fourth-order valence-corrected chi connectivity index (χ4v) is 2.14. The maximum atomic E-state index is 5.98. The van der Waals surface area contributed by atoms with E-state index in [0.717, 1.165) is 11.1 Å². The van der Waals surface area contributed by atoms with Crippen LogP contribution in [0.2, 0.25) is 0 Å². The van der Waals surface area contributed by atoms with Gasteiger partial charge < -0.3 is 5.73 Å². The average molecular weight is 249 g/mol. The lowest BCUT2D eigenvalue weighted by Crippen LogP contribution is -1.97. The molecule has 3 nitrogen and oxygen atoms in total. The van der Waals surface area contributed by atoms with Crippen LogP contribution in [0.5, 0.6) is 0 Å². The summed E-state index contributed by atoms with van der Waals surface area (Å²) < 4.78 is 1.68. The minimum atomic E-state index is 0.687. The zero-order valence-corrected chi connectivity index (χ0v) is 10.7. The van der Waals surface area contributed by atoms with Crippen molar-refractivity contribution in [3.8, 4) is 22.3 Å². The van der Waals surface area contributed by atoms with Crippen LogP contribution in [0, 0.1) is 0 Å². The summed E-state index contributed by atoms with van der Waals surface area (Å²) in [7, 11) is 1.84. The molecule has 1 aromatic heterocycles. The first-order chi connectivity index (χ1) is 9.25. The summed E-state index contributed by atoms with van der Waals surface area (Å²) in [6.45, 7) is 0. The summed E-state index contributed by atoms with van der Waals surface area (Å²) >= 11 is 0. The number of aromatic nitrogens is 2. The van der Waals surface area contributed by atoms with E-state index in [1.165, 1.54) is 11.1 Å². The molecule has 3 aromatic rings. The molecule has 3 rings (SSSR count). The molecule has 0 aliphatic heterocycles. The lowest BCUT2D eigenvalue weighted by atomic mass is 10.0. The van der Waals surface area contributed by atoms with Crippen molar-refractivity contribution in [1.29, 1.82) is 0 Å². The number of rotatable bonds is 2. The van der Waals surface area contributed by atoms with E-state index in [-0.39, 0.29) is 0 Å². The van der Waals surface area contributed by atoms with E-state index in [2.05, 4.69) is 41.5 Å². The van der Waals surface area contributed by atoms with Gasteiger partial charge in [0.2, 0.25) is 0 Å². The Bertz CT molecular complexity index is 682. The van der Waals surface area contributed by atoms with Gasteiger partial charge in [0.15, 0.2) is 0 Å². The second kappa shape index (κ2) is 4.61. The molecular formula is C16H15N3. The Balaban J connectivity index is 1.98. The van der Waals surface area contributed by atoms with Crippen LogP contribution < -0.4 is 5.73 Å². The quantitative estimate of drug-likeness (QED) is 0.757. The van der Waals surface area contributed by atoms with Gasteiger partial charge in [-0.25, -0.2) is 0 Å². The van der Waals surface area contributed by atoms with Gasteiger partial charge in [-0.15, -0.1) is 0 Å². The van der Waals surface area contributed by atoms with Gasteiger partial charge in [-0.3, -0.25) is 4.68 Å². The van der Waals surface area contributed by atoms with E-state index in [9.17, 15) is 0 Å². The number of nitrogens with two attached hydrogens (primary N) is 1. The summed E-state index contributed by atoms with van der Waals surface area (Å²) in [5.74, 6) is 0.687. The Morgan fingerprint density at radius 3 is 2.00 bits per heavy atom. The standard InChI is InChI=1S/C16H15N3/c1-19-16(17)15(11-18-19)14-9-7-13(8-10-14)12-5-3-2-4-6-12/h2-11H,17H2,1H3. The van der Waals surface area contributed by atoms with Crippen molar-refractivity contribution in [3.05, 3.63) is 60.8 Å². The Morgan fingerprint density at radius 1 is 0.842 bits per heavy atom. The first-order valence-electron chi connectivity index (χ1n) is 6.19. The molecule has 0 aliphatic carbocycles. The average Bonchev–Trinajstić information content (AvgIpc) is 2.80. The molecule has 0 atom stereocenters. The first kappa shape index (κ1) is 11.5. The molecule has 0 bridgehead atoms. The highest BCUT2D eigenvalue weighted by molar-refractivity contribution is 5.76. The van der Waals surface area contributed by atoms with E-state index in [4.69, 9.17) is 5.73 Å². The molecule has 94 valence electrons. The minimum Gasteiger partial charge on any atom is -0.383 e. The Hall–Kier alpha value is -2.55. The fraction of sp³-hybridized carbons (Fsp3) is 0.0625. The van der Waals surface area contributed by atoms with Crippen molar-refractivity contribution in [1.82, 2.24) is 9.78 Å². The van der Waals surface area contributed by atoms with Gasteiger partial charge in [0, 0.05) is 12.6 Å². The molecule has 0 unspecified atom stereocenters. The fourth-order valence-electron chi connectivity index (χ4n) is 2.14. The van der Waals surface area contributed by atoms with E-state index in [1.807, 2.05) is 25.2 Å². The van der Waals surface area contributed by atoms with Gasteiger partial charge in [0.25, 0.3) is 0 Å². The third kappa shape index (κ3) is 2.10. The van der Waals surface area contributed by atoms with Crippen LogP contribution in [0.25, 0.3) is 22.3 Å². The summed E-state index contributed by atoms with van der Waals surface area (Å²) in [5, 5.41) is 4.16. The summed E-state index contributed by atoms with van der Waals surface area (Å²) in [6, 6.07) is 18.7. The molecule has 0 spiro atoms. The highest BCUT2D eigenvalue weighted by Gasteiger charge is 2.07. The summed E-state index contributed by atoms with van der Waals surface area (Å²) in [4.78, 5) is 0. The molecule has 0 saturated heterocycles. The minimum absolute atomic E-state index is 0.687. The van der Waals surface area contributed by atoms with Crippen molar-refractivity contribution in [2.75, 3.05) is 5.73 Å². The lowest BCUT2D eigenvalue weighted by Gasteiger charge is -2.04. The van der Waals surface area contributed by atoms with Gasteiger partial charge in [-0.05, 0) is 16.7 Å². The summed E-state index contributed by atoms with van der Waals surface area (Å²) in [6.07, 6.45) is 1.80. The number of aryl methyl sites for hydroxylation is 1. The molecule has 0 fully saturated rings. The molecule has 3 heteroatoms.